The molecule has 1 aliphatic carbocycles. The number of aliphatic hydroxyl groups is 2. The van der Waals surface area contributed by atoms with Crippen molar-refractivity contribution in [2.45, 2.75) is 237 Å². The van der Waals surface area contributed by atoms with Crippen LogP contribution >= 0.6 is 31.3 Å². The van der Waals surface area contributed by atoms with E-state index in [1.54, 1.807) is 6.92 Å². The number of unbranched alkanes of at least 4 members (excludes halogenated alkanes) is 19. The van der Waals surface area contributed by atoms with Crippen LogP contribution in [0.5, 0.6) is 0 Å². The maximum Gasteiger partial charge on any atom is 1.00 e. The Morgan fingerprint density at radius 2 is 0.844 bits per heavy atom. The van der Waals surface area contributed by atoms with Crippen molar-refractivity contribution < 1.29 is 316 Å². The van der Waals surface area contributed by atoms with Gasteiger partial charge in [-0.3, -0.25) is 14.2 Å². The predicted octanol–water partition coefficient (Wildman–Crippen LogP) is -18.4. The molecule has 0 spiro atoms. The van der Waals surface area contributed by atoms with Gasteiger partial charge in [-0.15, -0.1) is 0 Å². The average molecular weight is 1250 g/mol. The molecule has 0 aromatic heterocycles. The Morgan fingerprint density at radius 1 is 0.481 bits per heavy atom. The molecule has 24 nitrogen and oxygen atoms in total. The van der Waals surface area contributed by atoms with Gasteiger partial charge >= 0.3 is 219 Å². The fourth-order valence-electron chi connectivity index (χ4n) is 7.59. The first kappa shape index (κ1) is 99.0. The zero-order chi connectivity index (χ0) is 52.1. The summed E-state index contributed by atoms with van der Waals surface area (Å²) in [5.74, 6) is -2.25. The number of carbonyl (C=O) groups is 3. The molecule has 0 aromatic rings. The van der Waals surface area contributed by atoms with Crippen molar-refractivity contribution in [3.8, 4) is 0 Å². The van der Waals surface area contributed by atoms with E-state index >= 15 is 0 Å². The first-order chi connectivity index (χ1) is 32.3. The normalized spacial score (nSPS) is 19.6. The van der Waals surface area contributed by atoms with E-state index in [0.717, 1.165) is 77.0 Å². The number of phosphoric ester groups is 4. The molecular weight excluding hydrogens is 1170 g/mol. The van der Waals surface area contributed by atoms with E-state index in [0.29, 0.717) is 25.7 Å². The number of hydrogen-bond donors (Lipinski definition) is 3. The molecule has 1 saturated carbocycles. The molecule has 3 N–H and O–H groups in total. The maximum atomic E-state index is 13.4. The van der Waals surface area contributed by atoms with Gasteiger partial charge in [0.05, 0.1) is 30.1 Å². The van der Waals surface area contributed by atoms with E-state index in [9.17, 15) is 77.1 Å². The summed E-state index contributed by atoms with van der Waals surface area (Å²) in [7, 11) is -25.3. The molecule has 1 amide bonds. The molecule has 1 aliphatic rings. The van der Waals surface area contributed by atoms with Gasteiger partial charge in [0.25, 0.3) is 7.82 Å². The van der Waals surface area contributed by atoms with Gasteiger partial charge in [0, 0.05) is 12.8 Å². The SMILES string of the molecule is C.CCCCCCCCCCCCCCCC(=O)O[C@H](COC(=O)C(CCCCCCCCCC)NC(=O)CCC)COP(=O)([O-])OC1C(O)C(OP(=O)([O-])[O-])C(OP(=O)([O-])[O-])C(OP(=O)([O-])[O-])C1O.[Na+].[Na+].[Na+].[Na+].[Na+].[Na+].[Na+]. The van der Waals surface area contributed by atoms with Gasteiger partial charge < -0.3 is 95.6 Å². The minimum Gasteiger partial charge on any atom is -0.790 e. The maximum absolute atomic E-state index is 13.4. The molecule has 77 heavy (non-hydrogen) atoms. The summed E-state index contributed by atoms with van der Waals surface area (Å²) in [6.07, 6.45) is 1.66. The number of esters is 2. The molecule has 416 valence electrons. The zero-order valence-corrected chi connectivity index (χ0v) is 64.5. The van der Waals surface area contributed by atoms with Crippen LogP contribution in [-0.4, -0.2) is 90.0 Å². The number of carbonyl (C=O) groups excluding carboxylic acids is 3. The van der Waals surface area contributed by atoms with Crippen LogP contribution in [-0.2, 0) is 64.7 Å². The Bertz CT molecular complexity index is 1640. The Hall–Kier alpha value is 5.77. The topological polar surface area (TPSA) is 398 Å². The van der Waals surface area contributed by atoms with E-state index in [-0.39, 0.29) is 234 Å². The Labute approximate surface area is 612 Å². The number of amides is 1. The fourth-order valence-corrected chi connectivity index (χ4v) is 10.2. The van der Waals surface area contributed by atoms with E-state index < -0.39 is 111 Å². The fraction of sp³-hybridized carbons (Fsp3) is 0.929. The van der Waals surface area contributed by atoms with Crippen LogP contribution in [0.2, 0.25) is 0 Å². The molecule has 35 heteroatoms. The molecule has 0 bridgehead atoms. The standard InChI is InChI=1S/C41H81NO23P4.CH4.7Na/c1-4-7-9-11-13-15-16-17-18-19-21-23-25-28-34(44)61-31(29-59-41(47)32(42-33(43)26-6-3)27-24-22-20-14-12-10-8-5-2)30-60-69(57,58)65-37-35(45)38(62-66(48,49)50)40(64-68(54,55)56)39(36(37)46)63-67(51,52)53;;;;;;;;/h31-32,35-40,45-46H,4-30H2,1-3H3,(H,42,43)(H,57,58)(H2,48,49,50)(H2,51,52,53)(H2,54,55,56);1H4;;;;;;;/q;;7*+1/p-7/t31-,32?,35?,36?,37?,38?,39?,40?;;;;;;;;/m1......../s1. The quantitative estimate of drug-likeness (QED) is 0.0221. The van der Waals surface area contributed by atoms with E-state index in [4.69, 9.17) is 14.0 Å². The zero-order valence-electron chi connectivity index (χ0n) is 47.0. The van der Waals surface area contributed by atoms with Gasteiger partial charge in [0.1, 0.15) is 49.3 Å². The number of hydrogen-bond acceptors (Lipinski definition) is 23. The summed E-state index contributed by atoms with van der Waals surface area (Å²) in [5, 5.41) is 24.3. The minimum atomic E-state index is -6.41. The first-order valence-electron chi connectivity index (χ1n) is 24.1. The molecule has 0 saturated heterocycles. The van der Waals surface area contributed by atoms with E-state index in [1.165, 1.54) is 38.5 Å². The van der Waals surface area contributed by atoms with E-state index in [1.807, 2.05) is 0 Å². The molecule has 1 rings (SSSR count). The second-order valence-electron chi connectivity index (χ2n) is 17.2. The third kappa shape index (κ3) is 51.2. The van der Waals surface area contributed by atoms with Crippen LogP contribution in [0, 0.1) is 0 Å². The average Bonchev–Trinajstić information content (AvgIpc) is 3.24. The summed E-state index contributed by atoms with van der Waals surface area (Å²) in [6, 6.07) is -1.14. The Kier molecular flexibility index (Phi) is 71.7. The van der Waals surface area contributed by atoms with Crippen LogP contribution < -0.4 is 246 Å². The number of rotatable bonds is 41. The molecule has 0 aromatic carbocycles. The molecule has 0 radical (unpaired) electrons. The Morgan fingerprint density at radius 3 is 1.22 bits per heavy atom. The van der Waals surface area contributed by atoms with Crippen LogP contribution in [0.4, 0.5) is 0 Å². The molecule has 7 atom stereocenters. The van der Waals surface area contributed by atoms with Crippen molar-refractivity contribution in [3.05, 3.63) is 0 Å². The third-order valence-corrected chi connectivity index (χ3v) is 13.5. The van der Waals surface area contributed by atoms with Gasteiger partial charge in [-0.2, -0.15) is 0 Å². The largest absolute Gasteiger partial charge is 1.00 e. The summed E-state index contributed by atoms with van der Waals surface area (Å²) >= 11 is 0. The number of nitrogens with one attached hydrogen (secondary N) is 1. The smallest absolute Gasteiger partial charge is 0.790 e. The van der Waals surface area contributed by atoms with Crippen molar-refractivity contribution in [1.29, 1.82) is 0 Å². The van der Waals surface area contributed by atoms with Gasteiger partial charge in [-0.1, -0.05) is 157 Å². The van der Waals surface area contributed by atoms with Crippen molar-refractivity contribution >= 4 is 49.1 Å². The summed E-state index contributed by atoms with van der Waals surface area (Å²) < 4.78 is 80.0. The Balaban J connectivity index is -0.000000992. The number of phosphoric acid groups is 4. The van der Waals surface area contributed by atoms with Crippen LogP contribution in [0.1, 0.15) is 189 Å². The van der Waals surface area contributed by atoms with Gasteiger partial charge in [-0.05, 0) is 19.3 Å². The third-order valence-electron chi connectivity index (χ3n) is 11.1. The predicted molar refractivity (Wildman–Crippen MR) is 240 cm³/mol. The van der Waals surface area contributed by atoms with Gasteiger partial charge in [0.15, 0.2) is 6.10 Å². The molecule has 0 aliphatic heterocycles. The second-order valence-corrected chi connectivity index (χ2v) is 21.9. The van der Waals surface area contributed by atoms with Crippen LogP contribution in [0.25, 0.3) is 0 Å². The van der Waals surface area contributed by atoms with Crippen molar-refractivity contribution in [2.24, 2.45) is 0 Å². The van der Waals surface area contributed by atoms with Crippen molar-refractivity contribution in [3.63, 3.8) is 0 Å². The first-order valence-corrected chi connectivity index (χ1v) is 29.9. The summed E-state index contributed by atoms with van der Waals surface area (Å²) in [4.78, 5) is 121. The summed E-state index contributed by atoms with van der Waals surface area (Å²) in [5.41, 5.74) is 0. The molecule has 0 heterocycles. The minimum absolute atomic E-state index is 0. The second kappa shape index (κ2) is 55.8. The van der Waals surface area contributed by atoms with Crippen LogP contribution in [0.3, 0.4) is 0 Å². The van der Waals surface area contributed by atoms with E-state index in [2.05, 4.69) is 37.3 Å². The summed E-state index contributed by atoms with van der Waals surface area (Å²) in [6.45, 7) is 3.98. The van der Waals surface area contributed by atoms with Gasteiger partial charge in [0.2, 0.25) is 5.91 Å². The van der Waals surface area contributed by atoms with Crippen molar-refractivity contribution in [1.82, 2.24) is 5.32 Å². The van der Waals surface area contributed by atoms with Crippen LogP contribution in [0.15, 0.2) is 0 Å². The van der Waals surface area contributed by atoms with Crippen molar-refractivity contribution in [2.75, 3.05) is 13.2 Å². The van der Waals surface area contributed by atoms with Gasteiger partial charge in [-0.25, -0.2) is 4.79 Å². The molecular formula is C42H78NNa7O23P4. The number of aliphatic hydroxyl groups excluding tert-OH is 2. The molecule has 1 fully saturated rings. The monoisotopic (exact) mass is 1250 g/mol. The molecule has 6 unspecified atom stereocenters. The number of ether oxygens (including phenoxy) is 2.